The van der Waals surface area contributed by atoms with Crippen LogP contribution in [0, 0.1) is 6.92 Å². The zero-order chi connectivity index (χ0) is 18.4. The van der Waals surface area contributed by atoms with Gasteiger partial charge in [-0.2, -0.15) is 0 Å². The monoisotopic (exact) mass is 342 g/mol. The number of carbonyl (C=O) groups excluding carboxylic acids is 2. The zero-order valence-corrected chi connectivity index (χ0v) is 14.9. The van der Waals surface area contributed by atoms with Crippen molar-refractivity contribution >= 4 is 23.5 Å². The molecule has 0 unspecified atom stereocenters. The van der Waals surface area contributed by atoms with Crippen molar-refractivity contribution in [2.45, 2.75) is 20.8 Å². The van der Waals surface area contributed by atoms with Gasteiger partial charge in [-0.1, -0.05) is 12.1 Å². The van der Waals surface area contributed by atoms with Crippen LogP contribution in [0.25, 0.3) is 0 Å². The van der Waals surface area contributed by atoms with Gasteiger partial charge in [-0.25, -0.2) is 14.8 Å². The molecule has 0 spiro atoms. The molecule has 132 valence electrons. The molecule has 0 fully saturated rings. The van der Waals surface area contributed by atoms with Crippen LogP contribution in [-0.2, 0) is 4.74 Å². The van der Waals surface area contributed by atoms with Gasteiger partial charge >= 0.3 is 5.97 Å². The standard InChI is InChI=1S/C18H22N4O3/c1-5-22(6-2)18-19-12(3)11-15(21-18)16(23)20-14-10-8-7-9-13(14)17(24)25-4/h7-11H,5-6H2,1-4H3,(H,20,23). The van der Waals surface area contributed by atoms with Crippen molar-refractivity contribution < 1.29 is 14.3 Å². The molecule has 25 heavy (non-hydrogen) atoms. The number of aromatic nitrogens is 2. The van der Waals surface area contributed by atoms with Crippen LogP contribution in [0.5, 0.6) is 0 Å². The number of nitrogens with one attached hydrogen (secondary N) is 1. The SMILES string of the molecule is CCN(CC)c1nc(C)cc(C(=O)Nc2ccccc2C(=O)OC)n1. The number of benzene rings is 1. The van der Waals surface area contributed by atoms with E-state index >= 15 is 0 Å². The van der Waals surface area contributed by atoms with E-state index in [1.807, 2.05) is 25.7 Å². The maximum Gasteiger partial charge on any atom is 0.339 e. The molecule has 0 aliphatic heterocycles. The second-order valence-corrected chi connectivity index (χ2v) is 5.36. The second kappa shape index (κ2) is 8.23. The van der Waals surface area contributed by atoms with Gasteiger partial charge in [0.05, 0.1) is 18.4 Å². The molecule has 1 N–H and O–H groups in total. The molecule has 1 aromatic carbocycles. The van der Waals surface area contributed by atoms with Crippen molar-refractivity contribution in [1.29, 1.82) is 0 Å². The summed E-state index contributed by atoms with van der Waals surface area (Å²) >= 11 is 0. The summed E-state index contributed by atoms with van der Waals surface area (Å²) in [5.41, 5.74) is 1.60. The van der Waals surface area contributed by atoms with Crippen molar-refractivity contribution in [3.8, 4) is 0 Å². The van der Waals surface area contributed by atoms with E-state index in [0.717, 1.165) is 13.1 Å². The van der Waals surface area contributed by atoms with Gasteiger partial charge in [0.1, 0.15) is 5.69 Å². The van der Waals surface area contributed by atoms with E-state index in [-0.39, 0.29) is 11.3 Å². The lowest BCUT2D eigenvalue weighted by molar-refractivity contribution is 0.0602. The fraction of sp³-hybridized carbons (Fsp3) is 0.333. The molecule has 2 aromatic rings. The lowest BCUT2D eigenvalue weighted by Crippen LogP contribution is -2.26. The molecule has 1 aromatic heterocycles. The van der Waals surface area contributed by atoms with E-state index in [0.29, 0.717) is 17.3 Å². The van der Waals surface area contributed by atoms with E-state index in [1.165, 1.54) is 7.11 Å². The molecule has 1 amide bonds. The minimum atomic E-state index is -0.515. The second-order valence-electron chi connectivity index (χ2n) is 5.36. The highest BCUT2D eigenvalue weighted by atomic mass is 16.5. The maximum atomic E-state index is 12.6. The number of aryl methyl sites for hydroxylation is 1. The number of methoxy groups -OCH3 is 1. The van der Waals surface area contributed by atoms with E-state index in [1.54, 1.807) is 30.3 Å². The number of hydrogen-bond acceptors (Lipinski definition) is 6. The van der Waals surface area contributed by atoms with Crippen LogP contribution in [0.4, 0.5) is 11.6 Å². The predicted octanol–water partition coefficient (Wildman–Crippen LogP) is 2.67. The van der Waals surface area contributed by atoms with Crippen molar-refractivity contribution in [2.24, 2.45) is 0 Å². The molecule has 0 saturated carbocycles. The molecule has 0 radical (unpaired) electrons. The van der Waals surface area contributed by atoms with Gasteiger partial charge in [0.15, 0.2) is 0 Å². The Labute approximate surface area is 147 Å². The number of para-hydroxylation sites is 1. The van der Waals surface area contributed by atoms with Crippen molar-refractivity contribution in [3.63, 3.8) is 0 Å². The summed E-state index contributed by atoms with van der Waals surface area (Å²) in [5, 5.41) is 2.72. The van der Waals surface area contributed by atoms with Gasteiger partial charge < -0.3 is 15.0 Å². The van der Waals surface area contributed by atoms with Crippen LogP contribution in [0.1, 0.15) is 40.4 Å². The largest absolute Gasteiger partial charge is 0.465 e. The highest BCUT2D eigenvalue weighted by molar-refractivity contribution is 6.07. The van der Waals surface area contributed by atoms with Crippen LogP contribution in [0.15, 0.2) is 30.3 Å². The Bertz CT molecular complexity index is 773. The summed E-state index contributed by atoms with van der Waals surface area (Å²) < 4.78 is 4.74. The fourth-order valence-corrected chi connectivity index (χ4v) is 2.38. The molecule has 2 rings (SSSR count). The Balaban J connectivity index is 2.32. The predicted molar refractivity (Wildman–Crippen MR) is 96.1 cm³/mol. The summed E-state index contributed by atoms with van der Waals surface area (Å²) in [7, 11) is 1.30. The van der Waals surface area contributed by atoms with Gasteiger partial charge in [-0.15, -0.1) is 0 Å². The molecule has 0 atom stereocenters. The van der Waals surface area contributed by atoms with Crippen LogP contribution in [0.3, 0.4) is 0 Å². The minimum Gasteiger partial charge on any atom is -0.465 e. The number of carbonyl (C=O) groups is 2. The quantitative estimate of drug-likeness (QED) is 0.813. The summed E-state index contributed by atoms with van der Waals surface area (Å²) in [6.45, 7) is 7.30. The Morgan fingerprint density at radius 2 is 1.84 bits per heavy atom. The first kappa shape index (κ1) is 18.4. The highest BCUT2D eigenvalue weighted by Gasteiger charge is 2.17. The Morgan fingerprint density at radius 1 is 1.16 bits per heavy atom. The first-order valence-corrected chi connectivity index (χ1v) is 8.09. The smallest absolute Gasteiger partial charge is 0.339 e. The van der Waals surface area contributed by atoms with Crippen LogP contribution < -0.4 is 10.2 Å². The summed E-state index contributed by atoms with van der Waals surface area (Å²) in [4.78, 5) is 35.1. The van der Waals surface area contributed by atoms with Crippen molar-refractivity contribution in [3.05, 3.63) is 47.3 Å². The first-order valence-electron chi connectivity index (χ1n) is 8.09. The van der Waals surface area contributed by atoms with E-state index in [9.17, 15) is 9.59 Å². The number of esters is 1. The average molecular weight is 342 g/mol. The topological polar surface area (TPSA) is 84.4 Å². The third-order valence-corrected chi connectivity index (χ3v) is 3.70. The number of nitrogens with zero attached hydrogens (tertiary/aromatic N) is 3. The number of rotatable bonds is 6. The van der Waals surface area contributed by atoms with Gasteiger partial charge in [0.25, 0.3) is 5.91 Å². The molecule has 7 nitrogen and oxygen atoms in total. The number of anilines is 2. The summed E-state index contributed by atoms with van der Waals surface area (Å²) in [6, 6.07) is 8.28. The zero-order valence-electron chi connectivity index (χ0n) is 14.9. The van der Waals surface area contributed by atoms with Crippen molar-refractivity contribution in [1.82, 2.24) is 9.97 Å². The number of amides is 1. The van der Waals surface area contributed by atoms with Crippen LogP contribution >= 0.6 is 0 Å². The first-order chi connectivity index (χ1) is 12.0. The third kappa shape index (κ3) is 4.32. The van der Waals surface area contributed by atoms with Crippen LogP contribution in [-0.4, -0.2) is 42.0 Å². The third-order valence-electron chi connectivity index (χ3n) is 3.70. The van der Waals surface area contributed by atoms with E-state index < -0.39 is 11.9 Å². The summed E-state index contributed by atoms with van der Waals surface area (Å²) in [6.07, 6.45) is 0. The minimum absolute atomic E-state index is 0.245. The lowest BCUT2D eigenvalue weighted by atomic mass is 10.1. The van der Waals surface area contributed by atoms with Gasteiger partial charge in [-0.05, 0) is 39.0 Å². The lowest BCUT2D eigenvalue weighted by Gasteiger charge is -2.19. The fourth-order valence-electron chi connectivity index (χ4n) is 2.38. The summed E-state index contributed by atoms with van der Waals surface area (Å²) in [5.74, 6) is -0.412. The molecule has 0 aliphatic rings. The van der Waals surface area contributed by atoms with Gasteiger partial charge in [0.2, 0.25) is 5.95 Å². The molecule has 0 bridgehead atoms. The molecule has 1 heterocycles. The normalized spacial score (nSPS) is 10.2. The molecule has 7 heteroatoms. The Hall–Kier alpha value is -2.96. The molecule has 0 saturated heterocycles. The van der Waals surface area contributed by atoms with Crippen LogP contribution in [0.2, 0.25) is 0 Å². The van der Waals surface area contributed by atoms with Gasteiger partial charge in [0, 0.05) is 18.8 Å². The van der Waals surface area contributed by atoms with Gasteiger partial charge in [-0.3, -0.25) is 4.79 Å². The number of hydrogen-bond donors (Lipinski definition) is 1. The number of ether oxygens (including phenoxy) is 1. The maximum absolute atomic E-state index is 12.6. The highest BCUT2D eigenvalue weighted by Crippen LogP contribution is 2.18. The van der Waals surface area contributed by atoms with E-state index in [4.69, 9.17) is 4.74 Å². The Morgan fingerprint density at radius 3 is 2.48 bits per heavy atom. The molecule has 0 aliphatic carbocycles. The average Bonchev–Trinajstić information content (AvgIpc) is 2.62. The Kier molecular flexibility index (Phi) is 6.05. The van der Waals surface area contributed by atoms with Crippen molar-refractivity contribution in [2.75, 3.05) is 30.4 Å². The molecular weight excluding hydrogens is 320 g/mol. The molecular formula is C18H22N4O3. The van der Waals surface area contributed by atoms with E-state index in [2.05, 4.69) is 15.3 Å².